The van der Waals surface area contributed by atoms with E-state index in [4.69, 9.17) is 4.74 Å². The number of aliphatic hydroxyl groups excluding tert-OH is 1. The summed E-state index contributed by atoms with van der Waals surface area (Å²) >= 11 is 0. The van der Waals surface area contributed by atoms with Crippen molar-refractivity contribution in [2.75, 3.05) is 7.11 Å². The molecule has 2 bridgehead atoms. The van der Waals surface area contributed by atoms with Gasteiger partial charge < -0.3 is 9.84 Å². The van der Waals surface area contributed by atoms with Crippen LogP contribution >= 0.6 is 0 Å². The summed E-state index contributed by atoms with van der Waals surface area (Å²) in [5, 5.41) is 9.84. The molecule has 0 heterocycles. The zero-order valence-corrected chi connectivity index (χ0v) is 7.71. The van der Waals surface area contributed by atoms with E-state index in [0.29, 0.717) is 0 Å². The lowest BCUT2D eigenvalue weighted by molar-refractivity contribution is -0.122. The average molecular weight is 168 g/mol. The highest BCUT2D eigenvalue weighted by Gasteiger charge is 2.48. The Balaban J connectivity index is 2.34. The molecule has 2 heteroatoms. The van der Waals surface area contributed by atoms with E-state index in [-0.39, 0.29) is 17.1 Å². The van der Waals surface area contributed by atoms with Gasteiger partial charge in [0.1, 0.15) is 5.60 Å². The highest BCUT2D eigenvalue weighted by Crippen LogP contribution is 2.48. The minimum absolute atomic E-state index is 0.222. The van der Waals surface area contributed by atoms with Crippen molar-refractivity contribution < 1.29 is 9.84 Å². The Labute approximate surface area is 73.2 Å². The van der Waals surface area contributed by atoms with Crippen LogP contribution in [0.5, 0.6) is 0 Å². The summed E-state index contributed by atoms with van der Waals surface area (Å²) in [6, 6.07) is 0. The van der Waals surface area contributed by atoms with E-state index in [9.17, 15) is 5.11 Å². The second-order valence-electron chi connectivity index (χ2n) is 4.37. The summed E-state index contributed by atoms with van der Waals surface area (Å²) in [5.41, 5.74) is -0.141. The van der Waals surface area contributed by atoms with Crippen LogP contribution in [0.25, 0.3) is 0 Å². The third-order valence-electron chi connectivity index (χ3n) is 3.46. The molecule has 0 spiro atoms. The van der Waals surface area contributed by atoms with E-state index < -0.39 is 0 Å². The molecule has 1 fully saturated rings. The van der Waals surface area contributed by atoms with E-state index in [2.05, 4.69) is 13.0 Å². The number of rotatable bonds is 1. The van der Waals surface area contributed by atoms with Crippen LogP contribution in [-0.4, -0.2) is 23.9 Å². The van der Waals surface area contributed by atoms with E-state index in [1.807, 2.05) is 6.08 Å². The molecule has 68 valence electrons. The van der Waals surface area contributed by atoms with Crippen LogP contribution < -0.4 is 0 Å². The fourth-order valence-electron chi connectivity index (χ4n) is 2.36. The van der Waals surface area contributed by atoms with Gasteiger partial charge in [0.05, 0.1) is 6.10 Å². The predicted octanol–water partition coefficient (Wildman–Crippen LogP) is 1.49. The van der Waals surface area contributed by atoms with Crippen LogP contribution in [0.2, 0.25) is 0 Å². The summed E-state index contributed by atoms with van der Waals surface area (Å²) in [5.74, 6) is 0. The lowest BCUT2D eigenvalue weighted by Gasteiger charge is -2.49. The minimum atomic E-state index is -0.363. The molecule has 1 N–H and O–H groups in total. The van der Waals surface area contributed by atoms with Gasteiger partial charge in [-0.15, -0.1) is 0 Å². The third-order valence-corrected chi connectivity index (χ3v) is 3.46. The van der Waals surface area contributed by atoms with Crippen LogP contribution in [0.3, 0.4) is 0 Å². The Kier molecular flexibility index (Phi) is 1.61. The Morgan fingerprint density at radius 1 is 1.42 bits per heavy atom. The highest BCUT2D eigenvalue weighted by molar-refractivity contribution is 5.21. The lowest BCUT2D eigenvalue weighted by Crippen LogP contribution is -2.52. The first-order valence-electron chi connectivity index (χ1n) is 4.54. The van der Waals surface area contributed by atoms with Gasteiger partial charge in [0.25, 0.3) is 0 Å². The molecule has 0 saturated heterocycles. The van der Waals surface area contributed by atoms with E-state index >= 15 is 0 Å². The molecule has 3 aliphatic rings. The van der Waals surface area contributed by atoms with Gasteiger partial charge in [-0.3, -0.25) is 0 Å². The fraction of sp³-hybridized carbons (Fsp3) is 0.800. The molecular formula is C10H16O2. The predicted molar refractivity (Wildman–Crippen MR) is 46.8 cm³/mol. The van der Waals surface area contributed by atoms with Gasteiger partial charge in [-0.25, -0.2) is 0 Å². The van der Waals surface area contributed by atoms with Crippen LogP contribution in [0.1, 0.15) is 26.2 Å². The number of hydrogen-bond donors (Lipinski definition) is 1. The summed E-state index contributed by atoms with van der Waals surface area (Å²) in [6.07, 6.45) is 6.87. The van der Waals surface area contributed by atoms with Crippen molar-refractivity contribution in [1.82, 2.24) is 0 Å². The van der Waals surface area contributed by atoms with Crippen molar-refractivity contribution in [3.8, 4) is 0 Å². The first kappa shape index (κ1) is 8.27. The molecule has 12 heavy (non-hydrogen) atoms. The number of hydrogen-bond acceptors (Lipinski definition) is 2. The third kappa shape index (κ3) is 0.947. The van der Waals surface area contributed by atoms with Crippen LogP contribution in [0.4, 0.5) is 0 Å². The van der Waals surface area contributed by atoms with Crippen LogP contribution in [0.15, 0.2) is 12.2 Å². The maximum atomic E-state index is 9.84. The molecule has 3 rings (SSSR count). The van der Waals surface area contributed by atoms with Gasteiger partial charge in [-0.05, 0) is 24.7 Å². The second kappa shape index (κ2) is 2.33. The van der Waals surface area contributed by atoms with Gasteiger partial charge in [0, 0.05) is 7.11 Å². The number of aliphatic hydroxyl groups is 1. The molecule has 3 aliphatic carbocycles. The minimum Gasteiger partial charge on any atom is -0.390 e. The topological polar surface area (TPSA) is 29.5 Å². The van der Waals surface area contributed by atoms with E-state index in [0.717, 1.165) is 19.3 Å². The van der Waals surface area contributed by atoms with E-state index in [1.165, 1.54) is 0 Å². The molecule has 0 amide bonds. The van der Waals surface area contributed by atoms with Gasteiger partial charge in [0.15, 0.2) is 0 Å². The zero-order valence-electron chi connectivity index (χ0n) is 7.71. The molecule has 1 saturated carbocycles. The molecule has 2 nitrogen and oxygen atoms in total. The van der Waals surface area contributed by atoms with Crippen molar-refractivity contribution in [2.45, 2.75) is 37.9 Å². The summed E-state index contributed by atoms with van der Waals surface area (Å²) in [4.78, 5) is 0. The van der Waals surface area contributed by atoms with Gasteiger partial charge in [0.2, 0.25) is 0 Å². The standard InChI is InChI=1S/C10H16O2/c1-9-3-5-10(12-2,6-4-9)8(11)7-9/h3,5,8,11H,4,6-7H2,1-2H3/t8-,9-,10-/m1/s1. The number of methoxy groups -OCH3 is 1. The number of allylic oxidation sites excluding steroid dienone is 1. The van der Waals surface area contributed by atoms with Gasteiger partial charge in [-0.2, -0.15) is 0 Å². The summed E-state index contributed by atoms with van der Waals surface area (Å²) < 4.78 is 5.39. The quantitative estimate of drug-likeness (QED) is 0.601. The van der Waals surface area contributed by atoms with Crippen molar-refractivity contribution in [3.05, 3.63) is 12.2 Å². The van der Waals surface area contributed by atoms with Crippen LogP contribution in [0, 0.1) is 5.41 Å². The maximum Gasteiger partial charge on any atom is 0.112 e. The molecule has 0 radical (unpaired) electrons. The van der Waals surface area contributed by atoms with Crippen molar-refractivity contribution in [2.24, 2.45) is 5.41 Å². The molecule has 0 aliphatic heterocycles. The number of fused-ring (bicyclic) bond motifs is 2. The monoisotopic (exact) mass is 168 g/mol. The average Bonchev–Trinajstić information content (AvgIpc) is 2.05. The largest absolute Gasteiger partial charge is 0.390 e. The van der Waals surface area contributed by atoms with Crippen molar-refractivity contribution >= 4 is 0 Å². The Morgan fingerprint density at radius 2 is 2.17 bits per heavy atom. The second-order valence-corrected chi connectivity index (χ2v) is 4.37. The first-order chi connectivity index (χ1) is 5.60. The Bertz CT molecular complexity index is 224. The zero-order chi connectivity index (χ0) is 8.82. The Morgan fingerprint density at radius 3 is 2.58 bits per heavy atom. The molecule has 0 aromatic rings. The lowest BCUT2D eigenvalue weighted by atomic mass is 9.63. The summed E-state index contributed by atoms with van der Waals surface area (Å²) in [7, 11) is 1.68. The molecule has 0 unspecified atom stereocenters. The SMILES string of the molecule is CO[C@]12C=C[C@](C)(CC1)C[C@H]2O. The van der Waals surface area contributed by atoms with E-state index in [1.54, 1.807) is 7.11 Å². The molecule has 0 aromatic carbocycles. The first-order valence-corrected chi connectivity index (χ1v) is 4.54. The molecule has 3 atom stereocenters. The molecular weight excluding hydrogens is 152 g/mol. The Hall–Kier alpha value is -0.340. The van der Waals surface area contributed by atoms with Gasteiger partial charge >= 0.3 is 0 Å². The smallest absolute Gasteiger partial charge is 0.112 e. The number of ether oxygens (including phenoxy) is 1. The fourth-order valence-corrected chi connectivity index (χ4v) is 2.36. The van der Waals surface area contributed by atoms with Gasteiger partial charge in [-0.1, -0.05) is 19.1 Å². The van der Waals surface area contributed by atoms with Crippen LogP contribution in [-0.2, 0) is 4.74 Å². The van der Waals surface area contributed by atoms with Crippen molar-refractivity contribution in [3.63, 3.8) is 0 Å². The normalized spacial score (nSPS) is 51.4. The maximum absolute atomic E-state index is 9.84. The summed E-state index contributed by atoms with van der Waals surface area (Å²) in [6.45, 7) is 2.20. The highest BCUT2D eigenvalue weighted by atomic mass is 16.5. The molecule has 0 aromatic heterocycles. The van der Waals surface area contributed by atoms with Crippen molar-refractivity contribution in [1.29, 1.82) is 0 Å².